The number of nitrogens with zero attached hydrogens (tertiary/aromatic N) is 1. The van der Waals surface area contributed by atoms with Crippen LogP contribution >= 0.6 is 11.6 Å². The van der Waals surface area contributed by atoms with Crippen LogP contribution in [-0.4, -0.2) is 4.98 Å². The van der Waals surface area contributed by atoms with E-state index in [1.165, 1.54) is 6.07 Å². The molecule has 0 spiro atoms. The Balaban J connectivity index is 2.41. The molecule has 1 aromatic heterocycles. The van der Waals surface area contributed by atoms with E-state index in [-0.39, 0.29) is 5.52 Å². The number of pyridine rings is 1. The number of halogens is 2. The van der Waals surface area contributed by atoms with E-state index >= 15 is 0 Å². The van der Waals surface area contributed by atoms with Crippen LogP contribution in [-0.2, 0) is 0 Å². The highest BCUT2D eigenvalue weighted by Crippen LogP contribution is 2.35. The van der Waals surface area contributed by atoms with E-state index in [0.717, 1.165) is 11.1 Å². The number of aromatic nitrogens is 1. The summed E-state index contributed by atoms with van der Waals surface area (Å²) in [6, 6.07) is 12.5. The van der Waals surface area contributed by atoms with Gasteiger partial charge in [-0.15, -0.1) is 0 Å². The lowest BCUT2D eigenvalue weighted by Crippen LogP contribution is -2.10. The van der Waals surface area contributed by atoms with Crippen LogP contribution in [0.1, 0.15) is 5.56 Å². The first-order valence-electron chi connectivity index (χ1n) is 6.43. The van der Waals surface area contributed by atoms with Crippen LogP contribution < -0.4 is 11.3 Å². The number of hydrazine groups is 1. The SMILES string of the molecule is Cc1c(-c2ccccc2)nc2c(F)cc(Cl)cc2c1NN. The van der Waals surface area contributed by atoms with Gasteiger partial charge in [-0.3, -0.25) is 5.84 Å². The van der Waals surface area contributed by atoms with E-state index in [0.29, 0.717) is 21.8 Å². The predicted molar refractivity (Wildman–Crippen MR) is 84.7 cm³/mol. The predicted octanol–water partition coefficient (Wildman–Crippen LogP) is 4.29. The summed E-state index contributed by atoms with van der Waals surface area (Å²) in [5, 5.41) is 0.879. The number of hydrogen-bond acceptors (Lipinski definition) is 3. The molecule has 3 N–H and O–H groups in total. The molecule has 3 aromatic rings. The summed E-state index contributed by atoms with van der Waals surface area (Å²) in [7, 11) is 0. The summed E-state index contributed by atoms with van der Waals surface area (Å²) >= 11 is 5.93. The Hall–Kier alpha value is -2.17. The van der Waals surface area contributed by atoms with Crippen LogP contribution in [0.5, 0.6) is 0 Å². The van der Waals surface area contributed by atoms with Gasteiger partial charge < -0.3 is 5.43 Å². The maximum atomic E-state index is 14.2. The van der Waals surface area contributed by atoms with Crippen LogP contribution in [0.25, 0.3) is 22.2 Å². The Morgan fingerprint density at radius 3 is 2.57 bits per heavy atom. The third-order valence-corrected chi connectivity index (χ3v) is 3.66. The third kappa shape index (κ3) is 2.33. The normalized spacial score (nSPS) is 10.9. The maximum absolute atomic E-state index is 14.2. The number of nitrogens with one attached hydrogen (secondary N) is 1. The highest BCUT2D eigenvalue weighted by molar-refractivity contribution is 6.31. The fourth-order valence-electron chi connectivity index (χ4n) is 2.45. The van der Waals surface area contributed by atoms with Gasteiger partial charge >= 0.3 is 0 Å². The lowest BCUT2D eigenvalue weighted by molar-refractivity contribution is 0.637. The van der Waals surface area contributed by atoms with Crippen molar-refractivity contribution in [2.75, 3.05) is 5.43 Å². The molecule has 0 atom stereocenters. The van der Waals surface area contributed by atoms with Crippen molar-refractivity contribution in [1.29, 1.82) is 0 Å². The summed E-state index contributed by atoms with van der Waals surface area (Å²) in [4.78, 5) is 4.47. The van der Waals surface area contributed by atoms with Gasteiger partial charge in [-0.25, -0.2) is 9.37 Å². The zero-order chi connectivity index (χ0) is 15.0. The molecule has 21 heavy (non-hydrogen) atoms. The van der Waals surface area contributed by atoms with E-state index in [4.69, 9.17) is 17.4 Å². The van der Waals surface area contributed by atoms with Gasteiger partial charge in [0.2, 0.25) is 0 Å². The molecule has 0 aliphatic heterocycles. The van der Waals surface area contributed by atoms with E-state index in [2.05, 4.69) is 10.4 Å². The van der Waals surface area contributed by atoms with Crippen molar-refractivity contribution >= 4 is 28.2 Å². The molecule has 0 bridgehead atoms. The number of fused-ring (bicyclic) bond motifs is 1. The highest BCUT2D eigenvalue weighted by Gasteiger charge is 2.15. The minimum absolute atomic E-state index is 0.247. The van der Waals surface area contributed by atoms with Crippen molar-refractivity contribution in [3.8, 4) is 11.3 Å². The molecule has 0 unspecified atom stereocenters. The van der Waals surface area contributed by atoms with Crippen LogP contribution in [0.3, 0.4) is 0 Å². The van der Waals surface area contributed by atoms with E-state index in [1.807, 2.05) is 37.3 Å². The largest absolute Gasteiger partial charge is 0.323 e. The first-order chi connectivity index (χ1) is 10.1. The number of hydrogen-bond donors (Lipinski definition) is 2. The zero-order valence-electron chi connectivity index (χ0n) is 11.3. The summed E-state index contributed by atoms with van der Waals surface area (Å²) in [6.45, 7) is 1.89. The second kappa shape index (κ2) is 5.31. The van der Waals surface area contributed by atoms with Crippen LogP contribution in [0.4, 0.5) is 10.1 Å². The number of rotatable bonds is 2. The number of anilines is 1. The molecular formula is C16H13ClFN3. The Morgan fingerprint density at radius 1 is 1.19 bits per heavy atom. The van der Waals surface area contributed by atoms with E-state index in [1.54, 1.807) is 6.07 Å². The van der Waals surface area contributed by atoms with Gasteiger partial charge in [-0.2, -0.15) is 0 Å². The van der Waals surface area contributed by atoms with Crippen LogP contribution in [0.15, 0.2) is 42.5 Å². The van der Waals surface area contributed by atoms with Gasteiger partial charge in [0.05, 0.1) is 11.4 Å². The number of nitrogens with two attached hydrogens (primary N) is 1. The molecule has 3 nitrogen and oxygen atoms in total. The van der Waals surface area contributed by atoms with Crippen molar-refractivity contribution in [2.24, 2.45) is 5.84 Å². The molecule has 0 saturated heterocycles. The molecular weight excluding hydrogens is 289 g/mol. The second-order valence-corrected chi connectivity index (χ2v) is 5.19. The fourth-order valence-corrected chi connectivity index (χ4v) is 2.65. The van der Waals surface area contributed by atoms with Crippen molar-refractivity contribution < 1.29 is 4.39 Å². The molecule has 5 heteroatoms. The number of nitrogen functional groups attached to an aromatic ring is 1. The van der Waals surface area contributed by atoms with Crippen molar-refractivity contribution in [1.82, 2.24) is 4.98 Å². The minimum Gasteiger partial charge on any atom is -0.323 e. The fraction of sp³-hybridized carbons (Fsp3) is 0.0625. The first-order valence-corrected chi connectivity index (χ1v) is 6.81. The number of benzene rings is 2. The molecule has 1 heterocycles. The zero-order valence-corrected chi connectivity index (χ0v) is 12.1. The van der Waals surface area contributed by atoms with E-state index < -0.39 is 5.82 Å². The Bertz CT molecular complexity index is 819. The smallest absolute Gasteiger partial charge is 0.151 e. The van der Waals surface area contributed by atoms with E-state index in [9.17, 15) is 4.39 Å². The molecule has 2 aromatic carbocycles. The van der Waals surface area contributed by atoms with Crippen molar-refractivity contribution in [2.45, 2.75) is 6.92 Å². The van der Waals surface area contributed by atoms with Crippen molar-refractivity contribution in [3.63, 3.8) is 0 Å². The quantitative estimate of drug-likeness (QED) is 0.548. The summed E-state index contributed by atoms with van der Waals surface area (Å²) in [5.74, 6) is 5.15. The Kier molecular flexibility index (Phi) is 3.49. The van der Waals surface area contributed by atoms with Gasteiger partial charge in [-0.05, 0) is 19.1 Å². The molecule has 0 fully saturated rings. The molecule has 0 aliphatic carbocycles. The third-order valence-electron chi connectivity index (χ3n) is 3.44. The van der Waals surface area contributed by atoms with Gasteiger partial charge in [0.15, 0.2) is 5.82 Å². The van der Waals surface area contributed by atoms with Crippen LogP contribution in [0.2, 0.25) is 5.02 Å². The summed E-state index contributed by atoms with van der Waals surface area (Å²) in [6.07, 6.45) is 0. The second-order valence-electron chi connectivity index (χ2n) is 4.75. The molecule has 106 valence electrons. The van der Waals surface area contributed by atoms with Gasteiger partial charge in [-0.1, -0.05) is 41.9 Å². The molecule has 0 radical (unpaired) electrons. The van der Waals surface area contributed by atoms with Gasteiger partial charge in [0.25, 0.3) is 0 Å². The standard InChI is InChI=1S/C16H13ClFN3/c1-9-14(10-5-3-2-4-6-10)20-16-12(15(9)21-19)7-11(17)8-13(16)18/h2-8H,19H2,1H3,(H,20,21). The topological polar surface area (TPSA) is 50.9 Å². The minimum atomic E-state index is -0.466. The Labute approximate surface area is 126 Å². The summed E-state index contributed by atoms with van der Waals surface area (Å²) in [5.41, 5.74) is 5.95. The Morgan fingerprint density at radius 2 is 1.90 bits per heavy atom. The molecule has 0 saturated carbocycles. The van der Waals surface area contributed by atoms with Crippen LogP contribution in [0, 0.1) is 12.7 Å². The molecule has 3 rings (SSSR count). The monoisotopic (exact) mass is 301 g/mol. The molecule has 0 aliphatic rings. The summed E-state index contributed by atoms with van der Waals surface area (Å²) < 4.78 is 14.2. The lowest BCUT2D eigenvalue weighted by Gasteiger charge is -2.14. The van der Waals surface area contributed by atoms with Crippen molar-refractivity contribution in [3.05, 3.63) is 58.9 Å². The van der Waals surface area contributed by atoms with Gasteiger partial charge in [0.1, 0.15) is 5.52 Å². The average Bonchev–Trinajstić information content (AvgIpc) is 2.47. The highest BCUT2D eigenvalue weighted by atomic mass is 35.5. The van der Waals surface area contributed by atoms with Gasteiger partial charge in [0, 0.05) is 21.5 Å². The lowest BCUT2D eigenvalue weighted by atomic mass is 10.0. The average molecular weight is 302 g/mol. The maximum Gasteiger partial charge on any atom is 0.151 e. The first kappa shape index (κ1) is 13.8. The molecule has 0 amide bonds.